The molecule has 0 rings (SSSR count). The van der Waals surface area contributed by atoms with E-state index < -0.39 is 0 Å². The Morgan fingerprint density at radius 2 is 1.22 bits per heavy atom. The Morgan fingerprint density at radius 1 is 0.889 bits per heavy atom. The molecule has 0 fully saturated rings. The second kappa shape index (κ2) is 16.2. The first-order valence-electron chi connectivity index (χ1n) is 3.12. The molecule has 3 heteroatoms. The maximum atomic E-state index is 2.29. The molecular weight excluding hydrogens is 262 g/mol. The Morgan fingerprint density at radius 3 is 1.44 bits per heavy atom. The number of hydrogen-bond acceptors (Lipinski definition) is 0. The third-order valence-corrected chi connectivity index (χ3v) is 5.73. The van der Waals surface area contributed by atoms with Gasteiger partial charge in [-0.05, 0) is 0 Å². The molecule has 0 aliphatic carbocycles. The average Bonchev–Trinajstić information content (AvgIpc) is 1.69. The van der Waals surface area contributed by atoms with Gasteiger partial charge in [0.25, 0.3) is 0 Å². The van der Waals surface area contributed by atoms with Crippen LogP contribution in [0, 0.1) is 0 Å². The molecule has 0 bridgehead atoms. The van der Waals surface area contributed by atoms with E-state index in [1.807, 2.05) is 0 Å². The van der Waals surface area contributed by atoms with Gasteiger partial charge in [-0.25, -0.2) is 0 Å². The average molecular weight is 278 g/mol. The summed E-state index contributed by atoms with van der Waals surface area (Å²) in [6, 6.07) is 0. The molecule has 0 saturated heterocycles. The Labute approximate surface area is 81.2 Å². The van der Waals surface area contributed by atoms with Gasteiger partial charge < -0.3 is 0 Å². The zero-order valence-electron chi connectivity index (χ0n) is 6.14. The van der Waals surface area contributed by atoms with Crippen LogP contribution in [0.3, 0.4) is 0 Å². The van der Waals surface area contributed by atoms with Gasteiger partial charge in [-0.2, -0.15) is 0 Å². The van der Waals surface area contributed by atoms with E-state index >= 15 is 0 Å². The van der Waals surface area contributed by atoms with E-state index in [0.717, 1.165) is 0 Å². The maximum absolute atomic E-state index is 2.29. The predicted octanol–water partition coefficient (Wildman–Crippen LogP) is 3.19. The fraction of sp³-hybridized carbons (Fsp3) is 1.00. The van der Waals surface area contributed by atoms with Crippen LogP contribution in [0.15, 0.2) is 0 Å². The van der Waals surface area contributed by atoms with Crippen molar-refractivity contribution in [2.75, 3.05) is 0 Å². The van der Waals surface area contributed by atoms with Crippen LogP contribution in [0.4, 0.5) is 0 Å². The molecule has 0 N–H and O–H groups in total. The topological polar surface area (TPSA) is 0 Å². The molecule has 58 valence electrons. The van der Waals surface area contributed by atoms with Crippen LogP contribution in [-0.4, -0.2) is 21.1 Å². The van der Waals surface area contributed by atoms with Gasteiger partial charge >= 0.3 is 56.7 Å². The van der Waals surface area contributed by atoms with Gasteiger partial charge in [0.1, 0.15) is 0 Å². The molecule has 0 saturated carbocycles. The summed E-state index contributed by atoms with van der Waals surface area (Å²) in [7, 11) is 0. The molecule has 0 aromatic carbocycles. The fourth-order valence-corrected chi connectivity index (χ4v) is 3.21. The van der Waals surface area contributed by atoms with E-state index in [0.29, 0.717) is 0 Å². The van der Waals surface area contributed by atoms with Crippen molar-refractivity contribution in [3.63, 3.8) is 0 Å². The summed E-state index contributed by atoms with van der Waals surface area (Å²) in [6.45, 7) is 4.58. The Bertz CT molecular complexity index is 30.2. The molecule has 9 heavy (non-hydrogen) atoms. The Kier molecular flexibility index (Phi) is 30.1. The van der Waals surface area contributed by atoms with Gasteiger partial charge in [0.05, 0.1) is 0 Å². The van der Waals surface area contributed by atoms with Crippen molar-refractivity contribution >= 4 is 46.0 Å². The first-order valence-corrected chi connectivity index (χ1v) is 7.16. The van der Waals surface area contributed by atoms with Crippen LogP contribution in [-0.2, 0) is 0 Å². The second-order valence-electron chi connectivity index (χ2n) is 1.75. The summed E-state index contributed by atoms with van der Waals surface area (Å²) in [5.74, 6) is 0. The molecule has 0 spiro atoms. The van der Waals surface area contributed by atoms with Gasteiger partial charge in [0.2, 0.25) is 0 Å². The molecule has 2 radical (unpaired) electrons. The summed E-state index contributed by atoms with van der Waals surface area (Å²) >= 11 is 0.181. The summed E-state index contributed by atoms with van der Waals surface area (Å²) in [5.41, 5.74) is 0. The van der Waals surface area contributed by atoms with Crippen molar-refractivity contribution in [1.82, 2.24) is 0 Å². The van der Waals surface area contributed by atoms with Crippen molar-refractivity contribution in [2.24, 2.45) is 0 Å². The van der Waals surface area contributed by atoms with Gasteiger partial charge in [0.15, 0.2) is 0 Å². The zero-order valence-corrected chi connectivity index (χ0v) is 10.6. The number of rotatable bonds is 4. The van der Waals surface area contributed by atoms with Crippen molar-refractivity contribution in [1.29, 1.82) is 0 Å². The predicted molar refractivity (Wildman–Crippen MR) is 50.4 cm³/mol. The first kappa shape index (κ1) is 16.8. The van der Waals surface area contributed by atoms with Crippen molar-refractivity contribution < 1.29 is 0 Å². The SMILES string of the molecule is CC[CH2][Sn][CH2]CC.Cl.Cl. The van der Waals surface area contributed by atoms with Crippen molar-refractivity contribution in [3.05, 3.63) is 0 Å². The van der Waals surface area contributed by atoms with Crippen LogP contribution in [0.1, 0.15) is 26.7 Å². The van der Waals surface area contributed by atoms with Crippen molar-refractivity contribution in [2.45, 2.75) is 35.6 Å². The monoisotopic (exact) mass is 278 g/mol. The van der Waals surface area contributed by atoms with Crippen LogP contribution >= 0.6 is 24.8 Å². The normalized spacial score (nSPS) is 7.33. The van der Waals surface area contributed by atoms with Gasteiger partial charge in [0, 0.05) is 0 Å². The van der Waals surface area contributed by atoms with Crippen LogP contribution in [0.2, 0.25) is 8.87 Å². The quantitative estimate of drug-likeness (QED) is 0.547. The van der Waals surface area contributed by atoms with E-state index in [4.69, 9.17) is 0 Å². The molecule has 0 aliphatic rings. The summed E-state index contributed by atoms with van der Waals surface area (Å²) in [6.07, 6.45) is 2.87. The van der Waals surface area contributed by atoms with Crippen LogP contribution in [0.5, 0.6) is 0 Å². The molecule has 0 aromatic rings. The third kappa shape index (κ3) is 17.7. The Balaban J connectivity index is -0.000000180. The molecule has 0 heterocycles. The number of halogens is 2. The van der Waals surface area contributed by atoms with Crippen LogP contribution < -0.4 is 0 Å². The fourth-order valence-electron chi connectivity index (χ4n) is 0.479. The minimum absolute atomic E-state index is 0. The maximum Gasteiger partial charge on any atom is -0.147 e. The first-order chi connectivity index (χ1) is 3.41. The molecule has 0 atom stereocenters. The van der Waals surface area contributed by atoms with E-state index in [1.54, 1.807) is 8.87 Å². The summed E-state index contributed by atoms with van der Waals surface area (Å²) < 4.78 is 3.19. The molecule has 0 aliphatic heterocycles. The van der Waals surface area contributed by atoms with Gasteiger partial charge in [-0.1, -0.05) is 0 Å². The Hall–Kier alpha value is 1.38. The van der Waals surface area contributed by atoms with E-state index in [-0.39, 0.29) is 46.0 Å². The minimum Gasteiger partial charge on any atom is -0.147 e. The smallest absolute Gasteiger partial charge is 0.147 e. The summed E-state index contributed by atoms with van der Waals surface area (Å²) in [5, 5.41) is 0. The molecule has 0 amide bonds. The molecule has 0 aromatic heterocycles. The van der Waals surface area contributed by atoms with E-state index in [2.05, 4.69) is 13.8 Å². The van der Waals surface area contributed by atoms with E-state index in [1.165, 1.54) is 12.8 Å². The van der Waals surface area contributed by atoms with Gasteiger partial charge in [-0.15, -0.1) is 24.8 Å². The number of hydrogen-bond donors (Lipinski definition) is 0. The van der Waals surface area contributed by atoms with Crippen LogP contribution in [0.25, 0.3) is 0 Å². The summed E-state index contributed by atoms with van der Waals surface area (Å²) in [4.78, 5) is 0. The largest absolute Gasteiger partial charge is 0.147 e. The van der Waals surface area contributed by atoms with Crippen molar-refractivity contribution in [3.8, 4) is 0 Å². The second-order valence-corrected chi connectivity index (χ2v) is 6.03. The molecule has 0 nitrogen and oxygen atoms in total. The van der Waals surface area contributed by atoms with E-state index in [9.17, 15) is 0 Å². The zero-order chi connectivity index (χ0) is 5.54. The third-order valence-electron chi connectivity index (χ3n) is 0.854. The molecule has 0 unspecified atom stereocenters. The van der Waals surface area contributed by atoms with Gasteiger partial charge in [-0.3, -0.25) is 0 Å². The standard InChI is InChI=1S/2C3H7.2ClH.Sn/c2*1-3-2;;;/h2*1,3H2,2H3;2*1H;. The molecular formula is C6H16Cl2Sn. The minimum atomic E-state index is 0.